The van der Waals surface area contributed by atoms with Crippen LogP contribution in [0, 0.1) is 10.1 Å². The smallest absolute Gasteiger partial charge is 0.349 e. The molecular formula is C24H21NO7. The first kappa shape index (κ1) is 22.5. The molecule has 0 aromatic heterocycles. The van der Waals surface area contributed by atoms with Gasteiger partial charge in [-0.25, -0.2) is 9.59 Å². The minimum Gasteiger partial charge on any atom is -0.475 e. The van der Waals surface area contributed by atoms with Crippen molar-refractivity contribution in [2.45, 2.75) is 12.8 Å². The molecule has 3 aromatic rings. The lowest BCUT2D eigenvalue weighted by molar-refractivity contribution is -0.385. The number of hydrogen-bond acceptors (Lipinski definition) is 7. The number of nitro groups is 1. The van der Waals surface area contributed by atoms with Crippen LogP contribution < -0.4 is 9.47 Å². The molecule has 3 aromatic carbocycles. The van der Waals surface area contributed by atoms with Crippen LogP contribution in [0.4, 0.5) is 5.69 Å². The van der Waals surface area contributed by atoms with Gasteiger partial charge < -0.3 is 14.2 Å². The number of ether oxygens (including phenoxy) is 3. The number of hydrogen-bond donors (Lipinski definition) is 0. The van der Waals surface area contributed by atoms with Gasteiger partial charge in [0.2, 0.25) is 0 Å². The summed E-state index contributed by atoms with van der Waals surface area (Å²) in [6, 6.07) is 21.6. The Morgan fingerprint density at radius 3 is 2.44 bits per heavy atom. The number of para-hydroxylation sites is 2. The van der Waals surface area contributed by atoms with E-state index in [9.17, 15) is 19.7 Å². The molecule has 0 saturated heterocycles. The van der Waals surface area contributed by atoms with E-state index in [1.807, 2.05) is 30.3 Å². The molecule has 0 fully saturated rings. The van der Waals surface area contributed by atoms with Gasteiger partial charge in [-0.1, -0.05) is 48.5 Å². The first-order valence-electron chi connectivity index (χ1n) is 9.91. The summed E-state index contributed by atoms with van der Waals surface area (Å²) < 4.78 is 15.7. The predicted octanol–water partition coefficient (Wildman–Crippen LogP) is 4.37. The maximum Gasteiger partial charge on any atom is 0.349 e. The van der Waals surface area contributed by atoms with Gasteiger partial charge in [-0.2, -0.15) is 0 Å². The molecule has 0 atom stereocenters. The van der Waals surface area contributed by atoms with E-state index in [0.717, 1.165) is 6.42 Å². The summed E-state index contributed by atoms with van der Waals surface area (Å²) in [4.78, 5) is 34.7. The summed E-state index contributed by atoms with van der Waals surface area (Å²) in [5.74, 6) is -1.19. The standard InChI is InChI=1S/C24H21NO7/c26-23(17-31-22-14-5-4-13-21(22)25(28)29)32-20-12-6-11-19(16-20)24(27)30-15-7-10-18-8-2-1-3-9-18/h1-6,8-9,11-14,16H,7,10,15,17H2. The van der Waals surface area contributed by atoms with E-state index < -0.39 is 23.5 Å². The van der Waals surface area contributed by atoms with Gasteiger partial charge in [0.25, 0.3) is 0 Å². The van der Waals surface area contributed by atoms with E-state index in [2.05, 4.69) is 0 Å². The maximum atomic E-state index is 12.3. The molecule has 8 heteroatoms. The summed E-state index contributed by atoms with van der Waals surface area (Å²) >= 11 is 0. The third kappa shape index (κ3) is 6.66. The van der Waals surface area contributed by atoms with Gasteiger partial charge in [0.15, 0.2) is 12.4 Å². The highest BCUT2D eigenvalue weighted by Crippen LogP contribution is 2.25. The number of benzene rings is 3. The normalized spacial score (nSPS) is 10.2. The van der Waals surface area contributed by atoms with Crippen molar-refractivity contribution in [3.05, 3.63) is 100 Å². The third-order valence-electron chi connectivity index (χ3n) is 4.39. The van der Waals surface area contributed by atoms with Crippen LogP contribution in [0.3, 0.4) is 0 Å². The van der Waals surface area contributed by atoms with Crippen LogP contribution >= 0.6 is 0 Å². The number of esters is 2. The quantitative estimate of drug-likeness (QED) is 0.153. The van der Waals surface area contributed by atoms with E-state index in [1.165, 1.54) is 35.9 Å². The second kappa shape index (κ2) is 11.3. The van der Waals surface area contributed by atoms with Crippen LogP contribution in [0.5, 0.6) is 11.5 Å². The van der Waals surface area contributed by atoms with Crippen molar-refractivity contribution in [2.75, 3.05) is 13.2 Å². The molecule has 0 N–H and O–H groups in total. The number of carbonyl (C=O) groups is 2. The molecule has 0 radical (unpaired) electrons. The van der Waals surface area contributed by atoms with Crippen molar-refractivity contribution in [2.24, 2.45) is 0 Å². The predicted molar refractivity (Wildman–Crippen MR) is 116 cm³/mol. The largest absolute Gasteiger partial charge is 0.475 e. The molecule has 0 spiro atoms. The summed E-state index contributed by atoms with van der Waals surface area (Å²) in [6.07, 6.45) is 1.48. The van der Waals surface area contributed by atoms with Crippen LogP contribution in [0.2, 0.25) is 0 Å². The minimum absolute atomic E-state index is 0.0396. The van der Waals surface area contributed by atoms with Gasteiger partial charge in [0.05, 0.1) is 17.1 Å². The van der Waals surface area contributed by atoms with Gasteiger partial charge in [-0.15, -0.1) is 0 Å². The van der Waals surface area contributed by atoms with E-state index in [1.54, 1.807) is 18.2 Å². The molecule has 0 heterocycles. The topological polar surface area (TPSA) is 105 Å². The zero-order chi connectivity index (χ0) is 22.8. The third-order valence-corrected chi connectivity index (χ3v) is 4.39. The van der Waals surface area contributed by atoms with Crippen LogP contribution in [0.25, 0.3) is 0 Å². The molecule has 0 aliphatic heterocycles. The molecule has 0 unspecified atom stereocenters. The second-order valence-corrected chi connectivity index (χ2v) is 6.74. The SMILES string of the molecule is O=C(COc1ccccc1[N+](=O)[O-])Oc1cccc(C(=O)OCCCc2ccccc2)c1. The Labute approximate surface area is 184 Å². The molecule has 32 heavy (non-hydrogen) atoms. The van der Waals surface area contributed by atoms with E-state index in [4.69, 9.17) is 14.2 Å². The first-order chi connectivity index (χ1) is 15.5. The van der Waals surface area contributed by atoms with Gasteiger partial charge >= 0.3 is 17.6 Å². The number of rotatable bonds is 10. The zero-order valence-corrected chi connectivity index (χ0v) is 17.1. The van der Waals surface area contributed by atoms with Crippen molar-refractivity contribution in [3.63, 3.8) is 0 Å². The van der Waals surface area contributed by atoms with Crippen molar-refractivity contribution >= 4 is 17.6 Å². The molecule has 0 saturated carbocycles. The van der Waals surface area contributed by atoms with Crippen molar-refractivity contribution in [1.29, 1.82) is 0 Å². The maximum absolute atomic E-state index is 12.3. The fourth-order valence-corrected chi connectivity index (χ4v) is 2.88. The molecule has 3 rings (SSSR count). The number of carbonyl (C=O) groups excluding carboxylic acids is 2. The van der Waals surface area contributed by atoms with Crippen LogP contribution in [-0.4, -0.2) is 30.1 Å². The fraction of sp³-hybridized carbons (Fsp3) is 0.167. The molecule has 0 amide bonds. The molecule has 164 valence electrons. The summed E-state index contributed by atoms with van der Waals surface area (Å²) in [7, 11) is 0. The first-order valence-corrected chi connectivity index (χ1v) is 9.91. The molecule has 0 bridgehead atoms. The average molecular weight is 435 g/mol. The summed E-state index contributed by atoms with van der Waals surface area (Å²) in [5, 5.41) is 11.0. The minimum atomic E-state index is -0.767. The zero-order valence-electron chi connectivity index (χ0n) is 17.1. The van der Waals surface area contributed by atoms with Crippen LogP contribution in [0.15, 0.2) is 78.9 Å². The summed E-state index contributed by atoms with van der Waals surface area (Å²) in [5.41, 5.74) is 1.16. The van der Waals surface area contributed by atoms with Gasteiger partial charge in [0.1, 0.15) is 5.75 Å². The van der Waals surface area contributed by atoms with Gasteiger partial charge in [-0.3, -0.25) is 10.1 Å². The van der Waals surface area contributed by atoms with Crippen molar-refractivity contribution < 1.29 is 28.7 Å². The Kier molecular flexibility index (Phi) is 7.91. The molecule has 0 aliphatic rings. The van der Waals surface area contributed by atoms with Crippen molar-refractivity contribution in [3.8, 4) is 11.5 Å². The molecular weight excluding hydrogens is 414 g/mol. The number of aryl methyl sites for hydroxylation is 1. The number of nitrogens with zero attached hydrogens (tertiary/aromatic N) is 1. The summed E-state index contributed by atoms with van der Waals surface area (Å²) in [6.45, 7) is -0.263. The highest BCUT2D eigenvalue weighted by atomic mass is 16.6. The molecule has 0 aliphatic carbocycles. The Morgan fingerprint density at radius 1 is 0.906 bits per heavy atom. The highest BCUT2D eigenvalue weighted by molar-refractivity contribution is 5.90. The van der Waals surface area contributed by atoms with E-state index >= 15 is 0 Å². The van der Waals surface area contributed by atoms with E-state index in [0.29, 0.717) is 6.42 Å². The van der Waals surface area contributed by atoms with Gasteiger partial charge in [0, 0.05) is 6.07 Å². The van der Waals surface area contributed by atoms with Crippen LogP contribution in [-0.2, 0) is 16.0 Å². The highest BCUT2D eigenvalue weighted by Gasteiger charge is 2.16. The van der Waals surface area contributed by atoms with E-state index in [-0.39, 0.29) is 29.4 Å². The Morgan fingerprint density at radius 2 is 1.66 bits per heavy atom. The Balaban J connectivity index is 1.48. The second-order valence-electron chi connectivity index (χ2n) is 6.74. The molecule has 8 nitrogen and oxygen atoms in total. The lowest BCUT2D eigenvalue weighted by atomic mass is 10.1. The number of nitro benzene ring substituents is 1. The Bertz CT molecular complexity index is 1080. The van der Waals surface area contributed by atoms with Crippen LogP contribution in [0.1, 0.15) is 22.3 Å². The Hall–Kier alpha value is -4.20. The fourth-order valence-electron chi connectivity index (χ4n) is 2.88. The monoisotopic (exact) mass is 435 g/mol. The lowest BCUT2D eigenvalue weighted by Crippen LogP contribution is -2.18. The van der Waals surface area contributed by atoms with Crippen molar-refractivity contribution in [1.82, 2.24) is 0 Å². The van der Waals surface area contributed by atoms with Gasteiger partial charge in [-0.05, 0) is 42.7 Å². The lowest BCUT2D eigenvalue weighted by Gasteiger charge is -2.09. The average Bonchev–Trinajstić information content (AvgIpc) is 2.81.